The molecule has 0 bridgehead atoms. The van der Waals surface area contributed by atoms with E-state index in [9.17, 15) is 9.59 Å². The van der Waals surface area contributed by atoms with Gasteiger partial charge in [0.2, 0.25) is 11.8 Å². The summed E-state index contributed by atoms with van der Waals surface area (Å²) < 4.78 is 0. The predicted molar refractivity (Wildman–Crippen MR) is 57.2 cm³/mol. The minimum absolute atomic E-state index is 0.0202. The van der Waals surface area contributed by atoms with Gasteiger partial charge in [-0.25, -0.2) is 0 Å². The van der Waals surface area contributed by atoms with Crippen LogP contribution in [0.4, 0.5) is 0 Å². The minimum atomic E-state index is -0.261. The van der Waals surface area contributed by atoms with Crippen LogP contribution in [0.15, 0.2) is 0 Å². The molecule has 1 N–H and O–H groups in total. The van der Waals surface area contributed by atoms with Gasteiger partial charge in [-0.3, -0.25) is 9.59 Å². The molecule has 0 aromatic heterocycles. The molecule has 0 spiro atoms. The number of amides is 2. The molecule has 1 saturated heterocycles. The zero-order chi connectivity index (χ0) is 10.6. The summed E-state index contributed by atoms with van der Waals surface area (Å²) in [6.45, 7) is 3.15. The predicted octanol–water partition coefficient (Wildman–Crippen LogP) is 0.0864. The third-order valence-corrected chi connectivity index (χ3v) is 2.84. The van der Waals surface area contributed by atoms with Crippen LogP contribution in [0.3, 0.4) is 0 Å². The monoisotopic (exact) mass is 216 g/mol. The van der Waals surface area contributed by atoms with Gasteiger partial charge in [0, 0.05) is 13.1 Å². The van der Waals surface area contributed by atoms with Gasteiger partial charge in [0.15, 0.2) is 0 Å². The Morgan fingerprint density at radius 1 is 1.71 bits per heavy atom. The first-order chi connectivity index (χ1) is 6.70. The summed E-state index contributed by atoms with van der Waals surface area (Å²) in [5.74, 6) is 0.511. The van der Waals surface area contributed by atoms with E-state index in [-0.39, 0.29) is 17.9 Å². The molecule has 0 radical (unpaired) electrons. The molecule has 1 rings (SSSR count). The lowest BCUT2D eigenvalue weighted by atomic mass is 10.1. The number of thioether (sulfide) groups is 1. The van der Waals surface area contributed by atoms with Crippen molar-refractivity contribution in [2.45, 2.75) is 19.4 Å². The van der Waals surface area contributed by atoms with Crippen molar-refractivity contribution in [1.29, 1.82) is 0 Å². The average Bonchev–Trinajstić information content (AvgIpc) is 2.17. The van der Waals surface area contributed by atoms with E-state index in [4.69, 9.17) is 0 Å². The van der Waals surface area contributed by atoms with Crippen LogP contribution in [-0.2, 0) is 9.59 Å². The normalized spacial score (nSPS) is 22.0. The molecule has 1 fully saturated rings. The Balaban J connectivity index is 2.64. The molecule has 1 aliphatic heterocycles. The number of rotatable bonds is 3. The van der Waals surface area contributed by atoms with E-state index in [0.717, 1.165) is 0 Å². The van der Waals surface area contributed by atoms with Crippen molar-refractivity contribution in [2.24, 2.45) is 0 Å². The summed E-state index contributed by atoms with van der Waals surface area (Å²) in [6.07, 6.45) is 2.58. The molecule has 2 amide bonds. The molecule has 1 atom stereocenters. The lowest BCUT2D eigenvalue weighted by molar-refractivity contribution is -0.141. The first-order valence-corrected chi connectivity index (χ1v) is 6.16. The van der Waals surface area contributed by atoms with Crippen molar-refractivity contribution in [2.75, 3.05) is 25.1 Å². The van der Waals surface area contributed by atoms with Gasteiger partial charge in [0.05, 0.1) is 5.75 Å². The number of nitrogens with one attached hydrogen (secondary N) is 1. The van der Waals surface area contributed by atoms with E-state index in [1.165, 1.54) is 11.8 Å². The molecule has 0 aromatic carbocycles. The zero-order valence-corrected chi connectivity index (χ0v) is 9.39. The topological polar surface area (TPSA) is 49.4 Å². The van der Waals surface area contributed by atoms with Crippen molar-refractivity contribution in [3.8, 4) is 0 Å². The van der Waals surface area contributed by atoms with Crippen LogP contribution < -0.4 is 5.32 Å². The molecular weight excluding hydrogens is 200 g/mol. The molecule has 14 heavy (non-hydrogen) atoms. The molecule has 1 heterocycles. The van der Waals surface area contributed by atoms with Crippen LogP contribution in [0.1, 0.15) is 13.3 Å². The number of hydrogen-bond donors (Lipinski definition) is 1. The standard InChI is InChI=1S/C9H16N2O2S/c1-3-7-9(13)10-4-5-11(7)8(12)6-14-2/h7H,3-6H2,1-2H3,(H,10,13). The molecule has 1 unspecified atom stereocenters. The van der Waals surface area contributed by atoms with Gasteiger partial charge in [-0.1, -0.05) is 6.92 Å². The van der Waals surface area contributed by atoms with E-state index in [2.05, 4.69) is 5.32 Å². The molecule has 1 aliphatic rings. The van der Waals surface area contributed by atoms with Crippen molar-refractivity contribution in [3.05, 3.63) is 0 Å². The summed E-state index contributed by atoms with van der Waals surface area (Å²) in [6, 6.07) is -0.261. The summed E-state index contributed by atoms with van der Waals surface area (Å²) in [5.41, 5.74) is 0. The fraction of sp³-hybridized carbons (Fsp3) is 0.778. The Bertz CT molecular complexity index is 233. The second kappa shape index (κ2) is 5.24. The summed E-state index contributed by atoms with van der Waals surface area (Å²) in [7, 11) is 0. The first kappa shape index (κ1) is 11.4. The second-order valence-corrected chi connectivity index (χ2v) is 4.10. The number of carbonyl (C=O) groups is 2. The van der Waals surface area contributed by atoms with Gasteiger partial charge < -0.3 is 10.2 Å². The number of hydrogen-bond acceptors (Lipinski definition) is 3. The first-order valence-electron chi connectivity index (χ1n) is 4.76. The average molecular weight is 216 g/mol. The lowest BCUT2D eigenvalue weighted by Gasteiger charge is -2.34. The van der Waals surface area contributed by atoms with Crippen LogP contribution in [0.25, 0.3) is 0 Å². The van der Waals surface area contributed by atoms with Crippen molar-refractivity contribution < 1.29 is 9.59 Å². The Morgan fingerprint density at radius 3 is 3.00 bits per heavy atom. The number of carbonyl (C=O) groups excluding carboxylic acids is 2. The quantitative estimate of drug-likeness (QED) is 0.727. The Kier molecular flexibility index (Phi) is 4.25. The van der Waals surface area contributed by atoms with Crippen LogP contribution >= 0.6 is 11.8 Å². The fourth-order valence-electron chi connectivity index (χ4n) is 1.63. The Morgan fingerprint density at radius 2 is 2.43 bits per heavy atom. The maximum absolute atomic E-state index is 11.6. The highest BCUT2D eigenvalue weighted by Gasteiger charge is 2.30. The molecule has 0 saturated carbocycles. The van der Waals surface area contributed by atoms with Crippen LogP contribution in [0.5, 0.6) is 0 Å². The molecular formula is C9H16N2O2S. The van der Waals surface area contributed by atoms with E-state index >= 15 is 0 Å². The van der Waals surface area contributed by atoms with Gasteiger partial charge in [-0.15, -0.1) is 0 Å². The lowest BCUT2D eigenvalue weighted by Crippen LogP contribution is -2.57. The van der Waals surface area contributed by atoms with E-state index in [0.29, 0.717) is 25.3 Å². The minimum Gasteiger partial charge on any atom is -0.353 e. The summed E-state index contributed by atoms with van der Waals surface area (Å²) >= 11 is 1.49. The highest BCUT2D eigenvalue weighted by atomic mass is 32.2. The Hall–Kier alpha value is -0.710. The van der Waals surface area contributed by atoms with Gasteiger partial charge in [0.25, 0.3) is 0 Å². The van der Waals surface area contributed by atoms with Crippen LogP contribution in [0.2, 0.25) is 0 Å². The third kappa shape index (κ3) is 2.41. The highest BCUT2D eigenvalue weighted by molar-refractivity contribution is 7.99. The molecule has 80 valence electrons. The second-order valence-electron chi connectivity index (χ2n) is 3.24. The zero-order valence-electron chi connectivity index (χ0n) is 8.58. The van der Waals surface area contributed by atoms with Crippen molar-refractivity contribution >= 4 is 23.6 Å². The SMILES string of the molecule is CCC1C(=O)NCCN1C(=O)CSC. The van der Waals surface area contributed by atoms with Crippen LogP contribution in [0, 0.1) is 0 Å². The van der Waals surface area contributed by atoms with Gasteiger partial charge in [-0.05, 0) is 12.7 Å². The summed E-state index contributed by atoms with van der Waals surface area (Å²) in [4.78, 5) is 24.8. The van der Waals surface area contributed by atoms with E-state index < -0.39 is 0 Å². The maximum Gasteiger partial charge on any atom is 0.242 e. The van der Waals surface area contributed by atoms with Crippen molar-refractivity contribution in [1.82, 2.24) is 10.2 Å². The Labute approximate surface area is 88.4 Å². The molecule has 4 nitrogen and oxygen atoms in total. The van der Waals surface area contributed by atoms with E-state index in [1.807, 2.05) is 13.2 Å². The van der Waals surface area contributed by atoms with Gasteiger partial charge in [0.1, 0.15) is 6.04 Å². The molecule has 0 aromatic rings. The summed E-state index contributed by atoms with van der Waals surface area (Å²) in [5, 5.41) is 2.77. The molecule has 5 heteroatoms. The highest BCUT2D eigenvalue weighted by Crippen LogP contribution is 2.10. The maximum atomic E-state index is 11.6. The molecule has 0 aliphatic carbocycles. The number of nitrogens with zero attached hydrogens (tertiary/aromatic N) is 1. The van der Waals surface area contributed by atoms with Crippen molar-refractivity contribution in [3.63, 3.8) is 0 Å². The number of piperazine rings is 1. The third-order valence-electron chi connectivity index (χ3n) is 2.31. The largest absolute Gasteiger partial charge is 0.353 e. The van der Waals surface area contributed by atoms with Gasteiger partial charge >= 0.3 is 0 Å². The smallest absolute Gasteiger partial charge is 0.242 e. The van der Waals surface area contributed by atoms with E-state index in [1.54, 1.807) is 4.90 Å². The van der Waals surface area contributed by atoms with Crippen LogP contribution in [-0.4, -0.2) is 47.9 Å². The fourth-order valence-corrected chi connectivity index (χ4v) is 2.04. The van der Waals surface area contributed by atoms with Gasteiger partial charge in [-0.2, -0.15) is 11.8 Å².